The molecule has 0 aromatic heterocycles. The van der Waals surface area contributed by atoms with E-state index < -0.39 is 23.7 Å². The molecule has 6 nitrogen and oxygen atoms in total. The zero-order valence-electron chi connectivity index (χ0n) is 14.7. The summed E-state index contributed by atoms with van der Waals surface area (Å²) in [6, 6.07) is 13.5. The van der Waals surface area contributed by atoms with Gasteiger partial charge >= 0.3 is 5.97 Å². The van der Waals surface area contributed by atoms with E-state index in [1.165, 1.54) is 12.0 Å². The van der Waals surface area contributed by atoms with Crippen LogP contribution in [-0.4, -0.2) is 31.2 Å². The molecule has 1 heterocycles. The fraction of sp³-hybridized carbons (Fsp3) is 0.200. The Morgan fingerprint density at radius 3 is 2.19 bits per heavy atom. The summed E-state index contributed by atoms with van der Waals surface area (Å²) < 4.78 is 9.95. The number of rotatable bonds is 4. The Kier molecular flexibility index (Phi) is 4.67. The fourth-order valence-electron chi connectivity index (χ4n) is 3.00. The maximum Gasteiger partial charge on any atom is 0.340 e. The third-order valence-corrected chi connectivity index (χ3v) is 4.36. The summed E-state index contributed by atoms with van der Waals surface area (Å²) in [5.41, 5.74) is 2.19. The molecule has 2 aromatic carbocycles. The van der Waals surface area contributed by atoms with E-state index in [1.54, 1.807) is 43.5 Å². The van der Waals surface area contributed by atoms with Gasteiger partial charge in [0.2, 0.25) is 0 Å². The topological polar surface area (TPSA) is 76.1 Å². The molecule has 1 aliphatic rings. The van der Waals surface area contributed by atoms with Gasteiger partial charge in [-0.1, -0.05) is 29.8 Å². The number of amides is 1. The summed E-state index contributed by atoms with van der Waals surface area (Å²) in [7, 11) is 2.77. The molecule has 1 unspecified atom stereocenters. The number of anilines is 1. The summed E-state index contributed by atoms with van der Waals surface area (Å²) in [4.78, 5) is 26.4. The van der Waals surface area contributed by atoms with Crippen LogP contribution < -0.4 is 9.64 Å². The summed E-state index contributed by atoms with van der Waals surface area (Å²) in [5.74, 6) is -1.34. The van der Waals surface area contributed by atoms with Crippen molar-refractivity contribution >= 4 is 17.6 Å². The zero-order valence-corrected chi connectivity index (χ0v) is 14.7. The van der Waals surface area contributed by atoms with Crippen molar-refractivity contribution in [2.24, 2.45) is 0 Å². The van der Waals surface area contributed by atoms with Crippen LogP contribution in [0.25, 0.3) is 0 Å². The lowest BCUT2D eigenvalue weighted by molar-refractivity contribution is -0.136. The highest BCUT2D eigenvalue weighted by molar-refractivity contribution is 6.15. The molecule has 1 N–H and O–H groups in total. The molecule has 0 spiro atoms. The molecule has 1 aliphatic heterocycles. The highest BCUT2D eigenvalue weighted by Gasteiger charge is 2.45. The number of aryl methyl sites for hydroxylation is 1. The third kappa shape index (κ3) is 2.90. The van der Waals surface area contributed by atoms with E-state index in [0.29, 0.717) is 17.0 Å². The van der Waals surface area contributed by atoms with Gasteiger partial charge < -0.3 is 14.6 Å². The summed E-state index contributed by atoms with van der Waals surface area (Å²) in [6.45, 7) is 1.94. The first-order valence-corrected chi connectivity index (χ1v) is 8.03. The van der Waals surface area contributed by atoms with Crippen molar-refractivity contribution in [2.75, 3.05) is 19.1 Å². The Morgan fingerprint density at radius 1 is 1.04 bits per heavy atom. The Morgan fingerprint density at radius 2 is 1.65 bits per heavy atom. The fourth-order valence-corrected chi connectivity index (χ4v) is 3.00. The quantitative estimate of drug-likeness (QED) is 0.855. The average molecular weight is 353 g/mol. The van der Waals surface area contributed by atoms with Crippen LogP contribution in [0.4, 0.5) is 5.69 Å². The van der Waals surface area contributed by atoms with Gasteiger partial charge in [0.25, 0.3) is 5.91 Å². The minimum Gasteiger partial charge on any atom is -0.503 e. The van der Waals surface area contributed by atoms with Crippen LogP contribution in [0.3, 0.4) is 0 Å². The molecule has 134 valence electrons. The van der Waals surface area contributed by atoms with E-state index in [4.69, 9.17) is 9.47 Å². The molecule has 2 aromatic rings. The third-order valence-electron chi connectivity index (χ3n) is 4.36. The highest BCUT2D eigenvalue weighted by Crippen LogP contribution is 2.41. The number of methoxy groups -OCH3 is 2. The van der Waals surface area contributed by atoms with Crippen LogP contribution in [-0.2, 0) is 14.3 Å². The van der Waals surface area contributed by atoms with Crippen molar-refractivity contribution in [3.05, 3.63) is 71.0 Å². The number of nitrogens with zero attached hydrogens (tertiary/aromatic N) is 1. The largest absolute Gasteiger partial charge is 0.503 e. The van der Waals surface area contributed by atoms with E-state index in [1.807, 2.05) is 19.1 Å². The normalized spacial score (nSPS) is 16.8. The van der Waals surface area contributed by atoms with Crippen molar-refractivity contribution in [3.63, 3.8) is 0 Å². The van der Waals surface area contributed by atoms with Gasteiger partial charge in [0.1, 0.15) is 11.3 Å². The predicted octanol–water partition coefficient (Wildman–Crippen LogP) is 3.08. The average Bonchev–Trinajstić information content (AvgIpc) is 2.93. The van der Waals surface area contributed by atoms with Crippen molar-refractivity contribution < 1.29 is 24.2 Å². The van der Waals surface area contributed by atoms with Gasteiger partial charge in [-0.25, -0.2) is 4.79 Å². The molecular formula is C20H19NO5. The van der Waals surface area contributed by atoms with Crippen LogP contribution in [0.5, 0.6) is 5.75 Å². The molecule has 0 saturated heterocycles. The van der Waals surface area contributed by atoms with E-state index in [-0.39, 0.29) is 5.57 Å². The molecule has 6 heteroatoms. The Hall–Kier alpha value is -3.28. The van der Waals surface area contributed by atoms with Gasteiger partial charge in [0, 0.05) is 5.69 Å². The highest BCUT2D eigenvalue weighted by atomic mass is 16.5. The molecule has 0 bridgehead atoms. The van der Waals surface area contributed by atoms with Gasteiger partial charge in [0.15, 0.2) is 5.76 Å². The number of aliphatic hydroxyl groups excluding tert-OH is 1. The molecule has 1 atom stereocenters. The van der Waals surface area contributed by atoms with E-state index in [9.17, 15) is 14.7 Å². The number of esters is 1. The van der Waals surface area contributed by atoms with Crippen LogP contribution in [0, 0.1) is 6.92 Å². The van der Waals surface area contributed by atoms with Gasteiger partial charge in [-0.05, 0) is 36.8 Å². The van der Waals surface area contributed by atoms with E-state index in [0.717, 1.165) is 5.56 Å². The molecule has 0 fully saturated rings. The molecule has 0 radical (unpaired) electrons. The number of hydrogen-bond acceptors (Lipinski definition) is 5. The number of carbonyl (C=O) groups excluding carboxylic acids is 2. The van der Waals surface area contributed by atoms with Crippen LogP contribution in [0.15, 0.2) is 59.9 Å². The molecule has 1 amide bonds. The molecule has 3 rings (SSSR count). The second-order valence-electron chi connectivity index (χ2n) is 5.94. The van der Waals surface area contributed by atoms with Crippen LogP contribution in [0.2, 0.25) is 0 Å². The summed E-state index contributed by atoms with van der Waals surface area (Å²) in [6.07, 6.45) is 0. The maximum absolute atomic E-state index is 12.7. The standard InChI is InChI=1S/C20H19NO5/c1-12-4-8-14(9-5-12)21-17(13-6-10-15(25-2)11-7-13)16(20(24)26-3)18(22)19(21)23/h4-11,17,22H,1-3H3. The Balaban J connectivity index is 2.14. The Labute approximate surface area is 151 Å². The first kappa shape index (κ1) is 17.5. The van der Waals surface area contributed by atoms with Gasteiger partial charge in [0.05, 0.1) is 20.3 Å². The number of benzene rings is 2. The second-order valence-corrected chi connectivity index (χ2v) is 5.94. The van der Waals surface area contributed by atoms with Crippen molar-refractivity contribution in [3.8, 4) is 5.75 Å². The van der Waals surface area contributed by atoms with Gasteiger partial charge in [-0.15, -0.1) is 0 Å². The van der Waals surface area contributed by atoms with Gasteiger partial charge in [-0.3, -0.25) is 9.69 Å². The SMILES string of the molecule is COC(=O)C1=C(O)C(=O)N(c2ccc(C)cc2)C1c1ccc(OC)cc1. The summed E-state index contributed by atoms with van der Waals surface area (Å²) >= 11 is 0. The van der Waals surface area contributed by atoms with Crippen LogP contribution in [0.1, 0.15) is 17.2 Å². The van der Waals surface area contributed by atoms with Crippen molar-refractivity contribution in [1.82, 2.24) is 0 Å². The molecule has 0 aliphatic carbocycles. The minimum atomic E-state index is -0.788. The molecular weight excluding hydrogens is 334 g/mol. The zero-order chi connectivity index (χ0) is 18.8. The smallest absolute Gasteiger partial charge is 0.340 e. The van der Waals surface area contributed by atoms with Crippen LogP contribution >= 0.6 is 0 Å². The maximum atomic E-state index is 12.7. The number of ether oxygens (including phenoxy) is 2. The predicted molar refractivity (Wildman–Crippen MR) is 96.1 cm³/mol. The summed E-state index contributed by atoms with van der Waals surface area (Å²) in [5, 5.41) is 10.3. The first-order valence-electron chi connectivity index (χ1n) is 8.03. The first-order chi connectivity index (χ1) is 12.5. The lowest BCUT2D eigenvalue weighted by Gasteiger charge is -2.26. The second kappa shape index (κ2) is 6.92. The lowest BCUT2D eigenvalue weighted by Crippen LogP contribution is -2.31. The molecule has 0 saturated carbocycles. The van der Waals surface area contributed by atoms with E-state index in [2.05, 4.69) is 0 Å². The minimum absolute atomic E-state index is 0.0803. The number of carbonyl (C=O) groups is 2. The van der Waals surface area contributed by atoms with E-state index >= 15 is 0 Å². The van der Waals surface area contributed by atoms with Crippen molar-refractivity contribution in [1.29, 1.82) is 0 Å². The number of hydrogen-bond donors (Lipinski definition) is 1. The van der Waals surface area contributed by atoms with Crippen molar-refractivity contribution in [2.45, 2.75) is 13.0 Å². The monoisotopic (exact) mass is 353 g/mol. The van der Waals surface area contributed by atoms with Gasteiger partial charge in [-0.2, -0.15) is 0 Å². The Bertz CT molecular complexity index is 868. The molecule has 26 heavy (non-hydrogen) atoms. The number of aliphatic hydroxyl groups is 1. The lowest BCUT2D eigenvalue weighted by atomic mass is 9.98.